The topological polar surface area (TPSA) is 72.9 Å². The lowest BCUT2D eigenvalue weighted by atomic mass is 10.0. The molecule has 1 saturated carbocycles. The van der Waals surface area contributed by atoms with Gasteiger partial charge in [0.05, 0.1) is 23.7 Å². The Morgan fingerprint density at radius 1 is 0.733 bits per heavy atom. The van der Waals surface area contributed by atoms with E-state index in [2.05, 4.69) is 45.0 Å². The van der Waals surface area contributed by atoms with E-state index in [9.17, 15) is 14.4 Å². The third kappa shape index (κ3) is 5.90. The van der Waals surface area contributed by atoms with Crippen LogP contribution in [0.4, 0.5) is 0 Å². The molecule has 1 aliphatic heterocycles. The normalized spacial score (nSPS) is 19.9. The highest BCUT2D eigenvalue weighted by atomic mass is 28.4. The molecule has 0 aromatic heterocycles. The molecule has 7 heteroatoms. The number of hydrogen-bond donors (Lipinski definition) is 0. The Labute approximate surface area is 266 Å². The van der Waals surface area contributed by atoms with Crippen LogP contribution in [0.5, 0.6) is 0 Å². The third-order valence-corrected chi connectivity index (χ3v) is 14.3. The van der Waals surface area contributed by atoms with Gasteiger partial charge in [0.1, 0.15) is 6.61 Å². The first kappa shape index (κ1) is 30.7. The standard InChI is InChI=1S/C38H39NO5Si/c1-38(2,3)45(30-17-9-5-10-18-30,31-19-11-6-12-20-31)44-34-25-29(39-36(41)32-21-13-14-22-33(32)37(39)42)23-28(34)24-35(40)43-26-27-15-7-4-8-16-27/h4-22,28-29,34H,23-26H2,1-3H3/t28-,29-,34+/m1/s1. The molecule has 2 amide bonds. The Bertz CT molecular complexity index is 1590. The number of carbonyl (C=O) groups excluding carboxylic acids is 3. The van der Waals surface area contributed by atoms with Crippen LogP contribution in [-0.4, -0.2) is 43.1 Å². The van der Waals surface area contributed by atoms with E-state index in [-0.39, 0.29) is 47.9 Å². The summed E-state index contributed by atoms with van der Waals surface area (Å²) >= 11 is 0. The molecule has 3 atom stereocenters. The van der Waals surface area contributed by atoms with Gasteiger partial charge in [-0.3, -0.25) is 19.3 Å². The Hall–Kier alpha value is -4.33. The van der Waals surface area contributed by atoms with E-state index >= 15 is 0 Å². The van der Waals surface area contributed by atoms with Crippen LogP contribution >= 0.6 is 0 Å². The average Bonchev–Trinajstić information content (AvgIpc) is 3.55. The first-order valence-corrected chi connectivity index (χ1v) is 17.5. The smallest absolute Gasteiger partial charge is 0.306 e. The van der Waals surface area contributed by atoms with Gasteiger partial charge in [-0.1, -0.05) is 124 Å². The Balaban J connectivity index is 1.35. The van der Waals surface area contributed by atoms with Crippen LogP contribution < -0.4 is 10.4 Å². The van der Waals surface area contributed by atoms with Gasteiger partial charge in [0.25, 0.3) is 20.1 Å². The van der Waals surface area contributed by atoms with Gasteiger partial charge in [-0.05, 0) is 51.9 Å². The van der Waals surface area contributed by atoms with Crippen LogP contribution in [0.1, 0.15) is 66.3 Å². The van der Waals surface area contributed by atoms with Crippen molar-refractivity contribution in [3.8, 4) is 0 Å². The molecule has 0 N–H and O–H groups in total. The van der Waals surface area contributed by atoms with E-state index < -0.39 is 14.4 Å². The van der Waals surface area contributed by atoms with Crippen molar-refractivity contribution < 1.29 is 23.5 Å². The van der Waals surface area contributed by atoms with E-state index in [4.69, 9.17) is 9.16 Å². The number of rotatable bonds is 9. The first-order chi connectivity index (χ1) is 21.7. The van der Waals surface area contributed by atoms with Crippen LogP contribution in [0.25, 0.3) is 0 Å². The second kappa shape index (κ2) is 12.6. The number of hydrogen-bond acceptors (Lipinski definition) is 5. The molecule has 2 aliphatic rings. The van der Waals surface area contributed by atoms with Crippen molar-refractivity contribution in [2.75, 3.05) is 0 Å². The largest absolute Gasteiger partial charge is 0.461 e. The monoisotopic (exact) mass is 617 g/mol. The van der Waals surface area contributed by atoms with E-state index in [1.165, 1.54) is 4.90 Å². The van der Waals surface area contributed by atoms with Crippen molar-refractivity contribution in [3.05, 3.63) is 132 Å². The summed E-state index contributed by atoms with van der Waals surface area (Å²) < 4.78 is 13.3. The van der Waals surface area contributed by atoms with Gasteiger partial charge in [0, 0.05) is 6.04 Å². The van der Waals surface area contributed by atoms with Gasteiger partial charge in [0.2, 0.25) is 0 Å². The van der Waals surface area contributed by atoms with Gasteiger partial charge in [-0.2, -0.15) is 0 Å². The minimum absolute atomic E-state index is 0.134. The lowest BCUT2D eigenvalue weighted by Crippen LogP contribution is -2.68. The summed E-state index contributed by atoms with van der Waals surface area (Å²) in [6, 6.07) is 37.0. The van der Waals surface area contributed by atoms with E-state index in [1.807, 2.05) is 66.7 Å². The molecule has 1 aliphatic carbocycles. The van der Waals surface area contributed by atoms with Gasteiger partial charge in [0.15, 0.2) is 0 Å². The number of carbonyl (C=O) groups is 3. The van der Waals surface area contributed by atoms with Crippen LogP contribution in [0.3, 0.4) is 0 Å². The zero-order chi connectivity index (χ0) is 31.6. The summed E-state index contributed by atoms with van der Waals surface area (Å²) in [5, 5.41) is 2.00. The molecule has 1 heterocycles. The minimum atomic E-state index is -2.99. The maximum absolute atomic E-state index is 13.6. The van der Waals surface area contributed by atoms with E-state index in [0.29, 0.717) is 24.0 Å². The van der Waals surface area contributed by atoms with Gasteiger partial charge >= 0.3 is 5.97 Å². The molecular formula is C38H39NO5Si. The third-order valence-electron chi connectivity index (χ3n) is 9.21. The Morgan fingerprint density at radius 3 is 1.73 bits per heavy atom. The highest BCUT2D eigenvalue weighted by molar-refractivity contribution is 6.99. The lowest BCUT2D eigenvalue weighted by molar-refractivity contribution is -0.146. The van der Waals surface area contributed by atoms with Crippen molar-refractivity contribution in [3.63, 3.8) is 0 Å². The fraction of sp³-hybridized carbons (Fsp3) is 0.289. The van der Waals surface area contributed by atoms with Crippen molar-refractivity contribution in [1.29, 1.82) is 0 Å². The molecule has 6 rings (SSSR count). The second-order valence-corrected chi connectivity index (χ2v) is 17.3. The van der Waals surface area contributed by atoms with Crippen molar-refractivity contribution in [2.45, 2.75) is 63.8 Å². The average molecular weight is 618 g/mol. The molecule has 0 saturated heterocycles. The number of ether oxygens (including phenoxy) is 1. The first-order valence-electron chi connectivity index (χ1n) is 15.6. The molecule has 4 aromatic carbocycles. The van der Waals surface area contributed by atoms with Crippen LogP contribution in [-0.2, 0) is 20.6 Å². The maximum atomic E-state index is 13.6. The SMILES string of the molecule is CC(C)(C)[Si](O[C@H]1C[C@H](N2C(=O)c3ccccc3C2=O)C[C@@H]1CC(=O)OCc1ccccc1)(c1ccccc1)c1ccccc1. The summed E-state index contributed by atoms with van der Waals surface area (Å²) in [4.78, 5) is 41.9. The second-order valence-electron chi connectivity index (χ2n) is 13.1. The molecule has 0 bridgehead atoms. The zero-order valence-electron chi connectivity index (χ0n) is 26.0. The zero-order valence-corrected chi connectivity index (χ0v) is 27.0. The summed E-state index contributed by atoms with van der Waals surface area (Å²) in [5.74, 6) is -1.12. The highest BCUT2D eigenvalue weighted by Crippen LogP contribution is 2.44. The Kier molecular flexibility index (Phi) is 8.58. The lowest BCUT2D eigenvalue weighted by Gasteiger charge is -2.45. The minimum Gasteiger partial charge on any atom is -0.461 e. The quantitative estimate of drug-likeness (QED) is 0.128. The van der Waals surface area contributed by atoms with Gasteiger partial charge in [-0.15, -0.1) is 0 Å². The Morgan fingerprint density at radius 2 is 1.22 bits per heavy atom. The maximum Gasteiger partial charge on any atom is 0.306 e. The van der Waals surface area contributed by atoms with E-state index in [1.54, 1.807) is 24.3 Å². The predicted octanol–water partition coefficient (Wildman–Crippen LogP) is 6.14. The van der Waals surface area contributed by atoms with Gasteiger partial charge in [-0.25, -0.2) is 0 Å². The van der Waals surface area contributed by atoms with Crippen LogP contribution in [0, 0.1) is 5.92 Å². The van der Waals surface area contributed by atoms with Crippen LogP contribution in [0.2, 0.25) is 5.04 Å². The molecule has 1 fully saturated rings. The van der Waals surface area contributed by atoms with Crippen LogP contribution in [0.15, 0.2) is 115 Å². The summed E-state index contributed by atoms with van der Waals surface area (Å²) in [5.41, 5.74) is 1.77. The molecule has 45 heavy (non-hydrogen) atoms. The van der Waals surface area contributed by atoms with E-state index in [0.717, 1.165) is 15.9 Å². The molecule has 6 nitrogen and oxygen atoms in total. The van der Waals surface area contributed by atoms with Crippen molar-refractivity contribution in [1.82, 2.24) is 4.90 Å². The molecule has 4 aromatic rings. The van der Waals surface area contributed by atoms with Crippen molar-refractivity contribution >= 4 is 36.5 Å². The fourth-order valence-electron chi connectivity index (χ4n) is 7.10. The highest BCUT2D eigenvalue weighted by Gasteiger charge is 2.55. The summed E-state index contributed by atoms with van der Waals surface area (Å²) in [6.45, 7) is 6.85. The predicted molar refractivity (Wildman–Crippen MR) is 177 cm³/mol. The molecular weight excluding hydrogens is 579 g/mol. The number of nitrogens with zero attached hydrogens (tertiary/aromatic N) is 1. The van der Waals surface area contributed by atoms with Crippen molar-refractivity contribution in [2.24, 2.45) is 5.92 Å². The molecule has 0 radical (unpaired) electrons. The number of imide groups is 1. The number of esters is 1. The van der Waals surface area contributed by atoms with Gasteiger partial charge < -0.3 is 9.16 Å². The fourth-order valence-corrected chi connectivity index (χ4v) is 11.9. The number of fused-ring (bicyclic) bond motifs is 1. The summed E-state index contributed by atoms with van der Waals surface area (Å²) in [6.07, 6.45) is 0.673. The number of benzene rings is 4. The summed E-state index contributed by atoms with van der Waals surface area (Å²) in [7, 11) is -2.99. The number of amides is 2. The molecule has 0 unspecified atom stereocenters. The molecule has 230 valence electrons. The molecule has 0 spiro atoms.